The van der Waals surface area contributed by atoms with Crippen molar-refractivity contribution in [3.8, 4) is 0 Å². The molecule has 3 heterocycles. The largest absolute Gasteiger partial charge is 0.394 e. The average Bonchev–Trinajstić information content (AvgIpc) is 3.11. The van der Waals surface area contributed by atoms with Gasteiger partial charge in [0.05, 0.1) is 30.3 Å². The summed E-state index contributed by atoms with van der Waals surface area (Å²) in [7, 11) is 0. The lowest BCUT2D eigenvalue weighted by molar-refractivity contribution is -0.0223. The molecule has 1 saturated heterocycles. The van der Waals surface area contributed by atoms with Crippen LogP contribution in [0.15, 0.2) is 17.8 Å². The summed E-state index contributed by atoms with van der Waals surface area (Å²) < 4.78 is 7.67. The van der Waals surface area contributed by atoms with Crippen LogP contribution in [0.1, 0.15) is 13.2 Å². The monoisotopic (exact) mass is 336 g/mol. The third-order valence-corrected chi connectivity index (χ3v) is 4.93. The van der Waals surface area contributed by atoms with Crippen LogP contribution >= 0.6 is 11.8 Å². The molecule has 0 bridgehead atoms. The summed E-state index contributed by atoms with van der Waals surface area (Å²) in [6.07, 6.45) is 1.90. The zero-order valence-corrected chi connectivity index (χ0v) is 13.2. The van der Waals surface area contributed by atoms with Crippen molar-refractivity contribution in [1.29, 1.82) is 0 Å². The van der Waals surface area contributed by atoms with Gasteiger partial charge in [0, 0.05) is 4.91 Å². The second kappa shape index (κ2) is 6.59. The molecular weight excluding hydrogens is 320 g/mol. The highest BCUT2D eigenvalue weighted by Crippen LogP contribution is 2.40. The van der Waals surface area contributed by atoms with Gasteiger partial charge in [-0.25, -0.2) is 15.0 Å². The topological polar surface area (TPSA) is 148 Å². The molecule has 2 aromatic rings. The number of nitrogen functional groups attached to an aromatic ring is 1. The van der Waals surface area contributed by atoms with Gasteiger partial charge in [0.1, 0.15) is 18.1 Å². The molecule has 122 valence electrons. The van der Waals surface area contributed by atoms with E-state index in [0.29, 0.717) is 11.2 Å². The van der Waals surface area contributed by atoms with Gasteiger partial charge in [-0.3, -0.25) is 4.57 Å². The second-order valence-corrected chi connectivity index (χ2v) is 6.40. The van der Waals surface area contributed by atoms with E-state index in [2.05, 4.69) is 25.0 Å². The number of ether oxygens (including phenoxy) is 1. The van der Waals surface area contributed by atoms with Gasteiger partial charge in [-0.05, 0) is 11.3 Å². The third kappa shape index (κ3) is 2.68. The molecule has 1 aliphatic heterocycles. The molecule has 2 aromatic heterocycles. The van der Waals surface area contributed by atoms with Crippen molar-refractivity contribution >= 4 is 28.7 Å². The third-order valence-electron chi connectivity index (χ3n) is 3.70. The van der Waals surface area contributed by atoms with Crippen molar-refractivity contribution in [2.75, 3.05) is 18.1 Å². The number of rotatable bonds is 5. The highest BCUT2D eigenvalue weighted by atomic mass is 32.2. The van der Waals surface area contributed by atoms with Crippen LogP contribution in [-0.2, 0) is 4.74 Å². The van der Waals surface area contributed by atoms with Crippen LogP contribution in [0.2, 0.25) is 0 Å². The van der Waals surface area contributed by atoms with Crippen molar-refractivity contribution in [1.82, 2.24) is 19.5 Å². The Morgan fingerprint density at radius 3 is 3.04 bits per heavy atom. The smallest absolute Gasteiger partial charge is 0.167 e. The Bertz CT molecular complexity index is 746. The normalized spacial score (nSPS) is 27.2. The Hall–Kier alpha value is -2.07. The van der Waals surface area contributed by atoms with E-state index < -0.39 is 18.4 Å². The summed E-state index contributed by atoms with van der Waals surface area (Å²) in [5.41, 5.74) is 15.7. The molecule has 1 fully saturated rings. The van der Waals surface area contributed by atoms with E-state index >= 15 is 0 Å². The molecule has 3 rings (SSSR count). The zero-order chi connectivity index (χ0) is 16.4. The maximum absolute atomic E-state index is 9.53. The fourth-order valence-electron chi connectivity index (χ4n) is 2.72. The van der Waals surface area contributed by atoms with Crippen LogP contribution in [0.25, 0.3) is 21.6 Å². The molecular formula is C12H16N8O2S. The molecule has 0 saturated carbocycles. The molecule has 0 aliphatic carbocycles. The minimum Gasteiger partial charge on any atom is -0.394 e. The van der Waals surface area contributed by atoms with Crippen molar-refractivity contribution in [2.24, 2.45) is 5.11 Å². The molecule has 0 amide bonds. The lowest BCUT2D eigenvalue weighted by Crippen LogP contribution is -2.29. The Morgan fingerprint density at radius 1 is 1.52 bits per heavy atom. The van der Waals surface area contributed by atoms with E-state index in [0.717, 1.165) is 5.75 Å². The summed E-state index contributed by atoms with van der Waals surface area (Å²) in [6.45, 7) is 1.78. The van der Waals surface area contributed by atoms with Crippen molar-refractivity contribution in [3.63, 3.8) is 0 Å². The van der Waals surface area contributed by atoms with Gasteiger partial charge in [-0.15, -0.1) is 0 Å². The first-order valence-corrected chi connectivity index (χ1v) is 8.11. The molecule has 0 spiro atoms. The van der Waals surface area contributed by atoms with E-state index in [1.165, 1.54) is 6.33 Å². The molecule has 0 aromatic carbocycles. The molecule has 23 heavy (non-hydrogen) atoms. The number of nitrogens with zero attached hydrogens (tertiary/aromatic N) is 7. The van der Waals surface area contributed by atoms with E-state index in [1.54, 1.807) is 22.7 Å². The van der Waals surface area contributed by atoms with Gasteiger partial charge in [0.2, 0.25) is 0 Å². The number of anilines is 1. The first-order chi connectivity index (χ1) is 11.2. The Morgan fingerprint density at radius 2 is 2.35 bits per heavy atom. The Labute approximate surface area is 135 Å². The molecule has 0 radical (unpaired) electrons. The summed E-state index contributed by atoms with van der Waals surface area (Å²) in [5, 5.41) is 13.2. The van der Waals surface area contributed by atoms with Crippen LogP contribution in [0.3, 0.4) is 0 Å². The minimum absolute atomic E-state index is 0.165. The van der Waals surface area contributed by atoms with Crippen LogP contribution < -0.4 is 5.73 Å². The second-order valence-electron chi connectivity index (χ2n) is 4.95. The number of hydrogen-bond acceptors (Lipinski definition) is 8. The molecule has 3 N–H and O–H groups in total. The van der Waals surface area contributed by atoms with E-state index in [9.17, 15) is 5.11 Å². The number of azide groups is 1. The van der Waals surface area contributed by atoms with Gasteiger partial charge < -0.3 is 15.6 Å². The number of nitrogens with two attached hydrogens (primary N) is 1. The van der Waals surface area contributed by atoms with E-state index in [-0.39, 0.29) is 17.7 Å². The van der Waals surface area contributed by atoms with Crippen LogP contribution in [0.4, 0.5) is 5.82 Å². The molecule has 10 nitrogen and oxygen atoms in total. The number of imidazole rings is 1. The molecule has 0 unspecified atom stereocenters. The van der Waals surface area contributed by atoms with E-state index in [1.807, 2.05) is 6.92 Å². The fourth-order valence-corrected chi connectivity index (χ4v) is 3.89. The number of aliphatic hydroxyl groups is 1. The van der Waals surface area contributed by atoms with Gasteiger partial charge in [-0.1, -0.05) is 12.0 Å². The van der Waals surface area contributed by atoms with Gasteiger partial charge >= 0.3 is 0 Å². The predicted molar refractivity (Wildman–Crippen MR) is 85.6 cm³/mol. The first kappa shape index (κ1) is 15.8. The number of thioether (sulfide) groups is 1. The lowest BCUT2D eigenvalue weighted by Gasteiger charge is -2.20. The zero-order valence-electron chi connectivity index (χ0n) is 12.3. The molecule has 4 atom stereocenters. The van der Waals surface area contributed by atoms with Gasteiger partial charge in [0.15, 0.2) is 11.5 Å². The summed E-state index contributed by atoms with van der Waals surface area (Å²) in [5.74, 6) is 1.10. The van der Waals surface area contributed by atoms with Gasteiger partial charge in [-0.2, -0.15) is 11.8 Å². The van der Waals surface area contributed by atoms with Crippen molar-refractivity contribution < 1.29 is 9.84 Å². The number of aromatic nitrogens is 4. The average molecular weight is 336 g/mol. The summed E-state index contributed by atoms with van der Waals surface area (Å²) in [4.78, 5) is 15.3. The fraction of sp³-hybridized carbons (Fsp3) is 0.583. The van der Waals surface area contributed by atoms with Gasteiger partial charge in [0.25, 0.3) is 0 Å². The van der Waals surface area contributed by atoms with Crippen LogP contribution in [0, 0.1) is 0 Å². The Balaban J connectivity index is 2.05. The highest BCUT2D eigenvalue weighted by Gasteiger charge is 2.45. The molecule has 1 aliphatic rings. The number of fused-ring (bicyclic) bond motifs is 1. The lowest BCUT2D eigenvalue weighted by atomic mass is 10.1. The standard InChI is InChI=1S/C12H16N8O2S/c1-2-23-9-7(18-19-14)6(3-21)22-12(9)20-5-17-8-10(13)15-4-16-11(8)20/h4-7,9,12,21H,2-3H2,1H3,(H2,13,15,16)/t6-,7+,9+,12-/m0/s1. The molecule has 11 heteroatoms. The van der Waals surface area contributed by atoms with Crippen LogP contribution in [-0.4, -0.2) is 54.4 Å². The Kier molecular flexibility index (Phi) is 4.53. The predicted octanol–water partition coefficient (Wildman–Crippen LogP) is 1.10. The maximum Gasteiger partial charge on any atom is 0.167 e. The van der Waals surface area contributed by atoms with Crippen LogP contribution in [0.5, 0.6) is 0 Å². The van der Waals surface area contributed by atoms with E-state index in [4.69, 9.17) is 16.0 Å². The number of hydrogen-bond donors (Lipinski definition) is 2. The highest BCUT2D eigenvalue weighted by molar-refractivity contribution is 7.99. The van der Waals surface area contributed by atoms with Crippen molar-refractivity contribution in [3.05, 3.63) is 23.1 Å². The minimum atomic E-state index is -0.573. The quantitative estimate of drug-likeness (QED) is 0.471. The summed E-state index contributed by atoms with van der Waals surface area (Å²) >= 11 is 1.60. The van der Waals surface area contributed by atoms with Crippen molar-refractivity contribution in [2.45, 2.75) is 30.5 Å². The maximum atomic E-state index is 9.53. The first-order valence-electron chi connectivity index (χ1n) is 7.06. The summed E-state index contributed by atoms with van der Waals surface area (Å²) in [6, 6.07) is -0.475. The SMILES string of the molecule is CCS[C@@H]1[C@H](N=[N+]=[N-])[C@H](CO)O[C@@H]1n1cnc2c(N)ncnc21. The number of aliphatic hydroxyl groups excluding tert-OH is 1.